The van der Waals surface area contributed by atoms with Crippen LogP contribution in [-0.4, -0.2) is 10.9 Å². The van der Waals surface area contributed by atoms with E-state index in [1.807, 2.05) is 37.3 Å². The average molecular weight is 494 g/mol. The van der Waals surface area contributed by atoms with Gasteiger partial charge in [0.05, 0.1) is 23.2 Å². The number of pyridine rings is 1. The van der Waals surface area contributed by atoms with Gasteiger partial charge in [-0.2, -0.15) is 13.2 Å². The van der Waals surface area contributed by atoms with E-state index in [9.17, 15) is 18.0 Å². The summed E-state index contributed by atoms with van der Waals surface area (Å²) in [4.78, 5) is 18.4. The van der Waals surface area contributed by atoms with Crippen LogP contribution >= 0.6 is 11.3 Å². The molecule has 0 atom stereocenters. The lowest BCUT2D eigenvalue weighted by molar-refractivity contribution is -0.137. The number of rotatable bonds is 4. The van der Waals surface area contributed by atoms with Crippen molar-refractivity contribution in [2.75, 3.05) is 11.1 Å². The molecule has 0 bridgehead atoms. The molecule has 35 heavy (non-hydrogen) atoms. The second-order valence-electron chi connectivity index (χ2n) is 7.96. The summed E-state index contributed by atoms with van der Waals surface area (Å²) in [6.07, 6.45) is -2.98. The lowest BCUT2D eigenvalue weighted by Crippen LogP contribution is -2.13. The van der Waals surface area contributed by atoms with E-state index in [1.54, 1.807) is 12.1 Å². The molecule has 0 aliphatic heterocycles. The van der Waals surface area contributed by atoms with Gasteiger partial charge in [-0.05, 0) is 43.3 Å². The lowest BCUT2D eigenvalue weighted by atomic mass is 10.0. The van der Waals surface area contributed by atoms with Crippen molar-refractivity contribution in [1.29, 1.82) is 0 Å². The van der Waals surface area contributed by atoms with E-state index in [2.05, 4.69) is 5.32 Å². The number of thiophene rings is 1. The number of hydrogen-bond acceptors (Lipinski definition) is 5. The number of hydrogen-bond donors (Lipinski definition) is 2. The van der Waals surface area contributed by atoms with E-state index >= 15 is 0 Å². The molecule has 9 heteroatoms. The Morgan fingerprint density at radius 2 is 1.83 bits per heavy atom. The summed E-state index contributed by atoms with van der Waals surface area (Å²) < 4.78 is 44.8. The van der Waals surface area contributed by atoms with E-state index < -0.39 is 17.6 Å². The standard InChI is InChI=1S/C26H18F3N3O2S/c1-14-7-9-15(10-8-14)19-13-18(20-6-3-11-34-20)21-22(30)23(35-25(21)32-19)24(33)31-17-5-2-4-16(12-17)26(27,28)29/h2-13H,30H2,1H3,(H,31,33). The first-order valence-corrected chi connectivity index (χ1v) is 11.3. The number of nitrogens with zero attached hydrogens (tertiary/aromatic N) is 1. The summed E-state index contributed by atoms with van der Waals surface area (Å²) in [5.41, 5.74) is 9.07. The third kappa shape index (κ3) is 4.38. The molecule has 0 spiro atoms. The maximum absolute atomic E-state index is 13.1. The van der Waals surface area contributed by atoms with Crippen molar-refractivity contribution in [3.63, 3.8) is 0 Å². The quantitative estimate of drug-likeness (QED) is 0.274. The number of aromatic nitrogens is 1. The van der Waals surface area contributed by atoms with Crippen molar-refractivity contribution in [3.8, 4) is 22.6 Å². The predicted molar refractivity (Wildman–Crippen MR) is 131 cm³/mol. The van der Waals surface area contributed by atoms with E-state index in [1.165, 1.54) is 18.4 Å². The van der Waals surface area contributed by atoms with Gasteiger partial charge in [0, 0.05) is 22.2 Å². The summed E-state index contributed by atoms with van der Waals surface area (Å²) in [5.74, 6) is -0.0628. The monoisotopic (exact) mass is 493 g/mol. The minimum Gasteiger partial charge on any atom is -0.464 e. The number of aryl methyl sites for hydroxylation is 1. The number of fused-ring (bicyclic) bond motifs is 1. The largest absolute Gasteiger partial charge is 0.464 e. The first-order chi connectivity index (χ1) is 16.7. The molecule has 0 saturated carbocycles. The van der Waals surface area contributed by atoms with Crippen LogP contribution in [0, 0.1) is 6.92 Å². The van der Waals surface area contributed by atoms with Crippen molar-refractivity contribution in [2.24, 2.45) is 0 Å². The van der Waals surface area contributed by atoms with Gasteiger partial charge in [-0.15, -0.1) is 11.3 Å². The number of nitrogens with one attached hydrogen (secondary N) is 1. The summed E-state index contributed by atoms with van der Waals surface area (Å²) in [7, 11) is 0. The fourth-order valence-corrected chi connectivity index (χ4v) is 4.76. The molecule has 1 amide bonds. The number of carbonyl (C=O) groups excluding carboxylic acids is 1. The number of anilines is 2. The number of halogens is 3. The number of amides is 1. The number of benzene rings is 2. The molecule has 2 aromatic carbocycles. The van der Waals surface area contributed by atoms with E-state index in [-0.39, 0.29) is 16.3 Å². The maximum atomic E-state index is 13.1. The van der Waals surface area contributed by atoms with Crippen LogP contribution < -0.4 is 11.1 Å². The Kier molecular flexibility index (Phi) is 5.56. The van der Waals surface area contributed by atoms with Gasteiger partial charge in [-0.25, -0.2) is 4.98 Å². The topological polar surface area (TPSA) is 81.1 Å². The normalized spacial score (nSPS) is 11.7. The van der Waals surface area contributed by atoms with Crippen molar-refractivity contribution < 1.29 is 22.4 Å². The molecule has 0 aliphatic carbocycles. The SMILES string of the molecule is Cc1ccc(-c2cc(-c3ccco3)c3c(N)c(C(=O)Nc4cccc(C(F)(F)F)c4)sc3n2)cc1. The second kappa shape index (κ2) is 8.59. The third-order valence-electron chi connectivity index (χ3n) is 5.49. The highest BCUT2D eigenvalue weighted by Crippen LogP contribution is 2.42. The predicted octanol–water partition coefficient (Wildman–Crippen LogP) is 7.39. The molecule has 3 N–H and O–H groups in total. The van der Waals surface area contributed by atoms with Gasteiger partial charge >= 0.3 is 6.18 Å². The van der Waals surface area contributed by atoms with Gasteiger partial charge in [-0.3, -0.25) is 4.79 Å². The second-order valence-corrected chi connectivity index (χ2v) is 8.96. The fourth-order valence-electron chi connectivity index (χ4n) is 3.75. The first-order valence-electron chi connectivity index (χ1n) is 10.5. The van der Waals surface area contributed by atoms with Gasteiger partial charge in [0.15, 0.2) is 0 Å². The van der Waals surface area contributed by atoms with Gasteiger partial charge in [-0.1, -0.05) is 35.9 Å². The Hall–Kier alpha value is -4.11. The van der Waals surface area contributed by atoms with Crippen LogP contribution in [0.1, 0.15) is 20.8 Å². The van der Waals surface area contributed by atoms with Crippen LogP contribution in [0.4, 0.5) is 24.5 Å². The van der Waals surface area contributed by atoms with E-state index in [4.69, 9.17) is 15.1 Å². The fraction of sp³-hybridized carbons (Fsp3) is 0.0769. The van der Waals surface area contributed by atoms with E-state index in [0.29, 0.717) is 27.2 Å². The Morgan fingerprint density at radius 1 is 1.06 bits per heavy atom. The zero-order valence-electron chi connectivity index (χ0n) is 18.3. The van der Waals surface area contributed by atoms with Crippen LogP contribution in [0.15, 0.2) is 77.4 Å². The molecule has 176 valence electrons. The highest BCUT2D eigenvalue weighted by molar-refractivity contribution is 7.21. The van der Waals surface area contributed by atoms with Crippen molar-refractivity contribution >= 4 is 38.8 Å². The van der Waals surface area contributed by atoms with Crippen LogP contribution in [0.3, 0.4) is 0 Å². The minimum absolute atomic E-state index is 0.0150. The Labute approximate surface area is 202 Å². The van der Waals surface area contributed by atoms with Gasteiger partial charge in [0.1, 0.15) is 15.5 Å². The maximum Gasteiger partial charge on any atom is 0.416 e. The number of nitrogens with two attached hydrogens (primary N) is 1. The number of carbonyl (C=O) groups is 1. The smallest absolute Gasteiger partial charge is 0.416 e. The third-order valence-corrected chi connectivity index (χ3v) is 6.59. The minimum atomic E-state index is -4.52. The van der Waals surface area contributed by atoms with Gasteiger partial charge in [0.2, 0.25) is 0 Å². The first kappa shape index (κ1) is 22.7. The molecule has 5 rings (SSSR count). The van der Waals surface area contributed by atoms with Crippen molar-refractivity contribution in [3.05, 3.63) is 89.0 Å². The number of nitrogen functional groups attached to an aromatic ring is 1. The highest BCUT2D eigenvalue weighted by Gasteiger charge is 2.30. The molecule has 3 aromatic heterocycles. The van der Waals surface area contributed by atoms with E-state index in [0.717, 1.165) is 34.6 Å². The molecule has 0 fully saturated rings. The number of alkyl halides is 3. The highest BCUT2D eigenvalue weighted by atomic mass is 32.1. The zero-order valence-corrected chi connectivity index (χ0v) is 19.1. The van der Waals surface area contributed by atoms with Gasteiger partial charge in [0.25, 0.3) is 5.91 Å². The molecular formula is C26H18F3N3O2S. The Balaban J connectivity index is 1.60. The summed E-state index contributed by atoms with van der Waals surface area (Å²) in [5, 5.41) is 3.07. The molecule has 0 aliphatic rings. The van der Waals surface area contributed by atoms with Crippen molar-refractivity contribution in [2.45, 2.75) is 13.1 Å². The van der Waals surface area contributed by atoms with Crippen molar-refractivity contribution in [1.82, 2.24) is 4.98 Å². The van der Waals surface area contributed by atoms with Crippen LogP contribution in [0.25, 0.3) is 32.8 Å². The lowest BCUT2D eigenvalue weighted by Gasteiger charge is -2.09. The zero-order chi connectivity index (χ0) is 24.7. The van der Waals surface area contributed by atoms with Crippen LogP contribution in [-0.2, 0) is 6.18 Å². The summed E-state index contributed by atoms with van der Waals surface area (Å²) in [6.45, 7) is 1.99. The molecule has 5 nitrogen and oxygen atoms in total. The molecule has 3 heterocycles. The number of furan rings is 1. The molecular weight excluding hydrogens is 475 g/mol. The molecule has 0 radical (unpaired) electrons. The Morgan fingerprint density at radius 3 is 2.51 bits per heavy atom. The van der Waals surface area contributed by atoms with Crippen LogP contribution in [0.5, 0.6) is 0 Å². The molecule has 0 saturated heterocycles. The average Bonchev–Trinajstić information content (AvgIpc) is 3.47. The summed E-state index contributed by atoms with van der Waals surface area (Å²) >= 11 is 1.07. The van der Waals surface area contributed by atoms with Crippen LogP contribution in [0.2, 0.25) is 0 Å². The van der Waals surface area contributed by atoms with Gasteiger partial charge < -0.3 is 15.5 Å². The molecule has 5 aromatic rings. The summed E-state index contributed by atoms with van der Waals surface area (Å²) in [6, 6.07) is 17.7. The Bertz CT molecular complexity index is 1540. The molecule has 0 unspecified atom stereocenters.